The van der Waals surface area contributed by atoms with Crippen molar-refractivity contribution in [3.8, 4) is 5.75 Å². The molecule has 0 saturated carbocycles. The number of nitrogens with one attached hydrogen (secondary N) is 1. The van der Waals surface area contributed by atoms with Crippen LogP contribution < -0.4 is 10.1 Å². The summed E-state index contributed by atoms with van der Waals surface area (Å²) >= 11 is 0. The van der Waals surface area contributed by atoms with Crippen LogP contribution in [0.2, 0.25) is 0 Å². The average molecular weight is 417 g/mol. The van der Waals surface area contributed by atoms with Crippen molar-refractivity contribution in [2.45, 2.75) is 37.6 Å². The van der Waals surface area contributed by atoms with E-state index in [1.807, 2.05) is 38.1 Å². The van der Waals surface area contributed by atoms with E-state index in [0.29, 0.717) is 26.0 Å². The van der Waals surface area contributed by atoms with Gasteiger partial charge in [-0.25, -0.2) is 8.42 Å². The second-order valence-corrected chi connectivity index (χ2v) is 9.49. The van der Waals surface area contributed by atoms with Crippen LogP contribution in [0.25, 0.3) is 0 Å². The molecule has 2 aromatic carbocycles. The number of benzene rings is 2. The van der Waals surface area contributed by atoms with Crippen molar-refractivity contribution in [1.82, 2.24) is 9.62 Å². The molecular formula is C22H28N2O4S. The Labute approximate surface area is 172 Å². The Morgan fingerprint density at radius 3 is 2.55 bits per heavy atom. The molecule has 1 saturated heterocycles. The van der Waals surface area contributed by atoms with Crippen LogP contribution in [0.1, 0.15) is 25.3 Å². The second kappa shape index (κ2) is 9.41. The molecule has 1 N–H and O–H groups in total. The topological polar surface area (TPSA) is 75.7 Å². The van der Waals surface area contributed by atoms with E-state index in [4.69, 9.17) is 4.74 Å². The largest absolute Gasteiger partial charge is 0.491 e. The first-order valence-electron chi connectivity index (χ1n) is 9.91. The third kappa shape index (κ3) is 5.58. The van der Waals surface area contributed by atoms with Crippen LogP contribution in [0.3, 0.4) is 0 Å². The standard InChI is InChI=1S/C22H28N2O4S/c1-17-10-12-20(13-11-17)28-16-18(2)23-22(25)19-7-6-14-24(15-19)29(26,27)21-8-4-3-5-9-21/h3-5,8-13,18-19H,6-7,14-16H2,1-2H3,(H,23,25)/t18-,19+/m0/s1. The quantitative estimate of drug-likeness (QED) is 0.753. The Kier molecular flexibility index (Phi) is 6.92. The van der Waals surface area contributed by atoms with Crippen molar-refractivity contribution in [1.29, 1.82) is 0 Å². The van der Waals surface area contributed by atoms with Crippen LogP contribution in [-0.2, 0) is 14.8 Å². The Morgan fingerprint density at radius 1 is 1.17 bits per heavy atom. The number of piperidine rings is 1. The number of sulfonamides is 1. The maximum atomic E-state index is 12.8. The molecule has 0 aliphatic carbocycles. The van der Waals surface area contributed by atoms with Crippen LogP contribution in [0.4, 0.5) is 0 Å². The summed E-state index contributed by atoms with van der Waals surface area (Å²) in [5, 5.41) is 2.96. The van der Waals surface area contributed by atoms with Gasteiger partial charge in [0.05, 0.1) is 16.9 Å². The molecule has 3 rings (SSSR count). The minimum atomic E-state index is -3.58. The fourth-order valence-electron chi connectivity index (χ4n) is 3.37. The number of hydrogen-bond donors (Lipinski definition) is 1. The average Bonchev–Trinajstić information content (AvgIpc) is 2.74. The van der Waals surface area contributed by atoms with Crippen molar-refractivity contribution in [3.05, 3.63) is 60.2 Å². The normalized spacial score (nSPS) is 18.8. The summed E-state index contributed by atoms with van der Waals surface area (Å²) in [6.45, 7) is 4.89. The molecule has 6 nitrogen and oxygen atoms in total. The van der Waals surface area contributed by atoms with Crippen molar-refractivity contribution < 1.29 is 17.9 Å². The number of rotatable bonds is 7. The molecule has 2 aromatic rings. The van der Waals surface area contributed by atoms with Gasteiger partial charge in [0.25, 0.3) is 0 Å². The Bertz CT molecular complexity index is 914. The zero-order valence-corrected chi connectivity index (χ0v) is 17.7. The highest BCUT2D eigenvalue weighted by Crippen LogP contribution is 2.24. The van der Waals surface area contributed by atoms with Gasteiger partial charge in [0.1, 0.15) is 12.4 Å². The molecule has 1 heterocycles. The first-order valence-corrected chi connectivity index (χ1v) is 11.4. The molecule has 0 aromatic heterocycles. The lowest BCUT2D eigenvalue weighted by Gasteiger charge is -2.31. The molecule has 1 aliphatic rings. The summed E-state index contributed by atoms with van der Waals surface area (Å²) in [5.41, 5.74) is 1.16. The van der Waals surface area contributed by atoms with Crippen LogP contribution in [-0.4, -0.2) is 44.4 Å². The van der Waals surface area contributed by atoms with Gasteiger partial charge in [0.2, 0.25) is 15.9 Å². The van der Waals surface area contributed by atoms with E-state index in [0.717, 1.165) is 11.3 Å². The summed E-state index contributed by atoms with van der Waals surface area (Å²) in [6.07, 6.45) is 1.34. The maximum Gasteiger partial charge on any atom is 0.243 e. The van der Waals surface area contributed by atoms with Crippen molar-refractivity contribution in [3.63, 3.8) is 0 Å². The lowest BCUT2D eigenvalue weighted by molar-refractivity contribution is -0.126. The van der Waals surface area contributed by atoms with E-state index in [1.54, 1.807) is 30.3 Å². The van der Waals surface area contributed by atoms with Gasteiger partial charge in [-0.3, -0.25) is 4.79 Å². The molecule has 2 atom stereocenters. The third-order valence-corrected chi connectivity index (χ3v) is 6.92. The molecule has 29 heavy (non-hydrogen) atoms. The summed E-state index contributed by atoms with van der Waals surface area (Å²) in [7, 11) is -3.58. The number of carbonyl (C=O) groups is 1. The van der Waals surface area contributed by atoms with Crippen LogP contribution in [0, 0.1) is 12.8 Å². The van der Waals surface area contributed by atoms with E-state index in [9.17, 15) is 13.2 Å². The zero-order valence-electron chi connectivity index (χ0n) is 16.9. The van der Waals surface area contributed by atoms with Gasteiger partial charge in [-0.15, -0.1) is 0 Å². The molecule has 1 fully saturated rings. The van der Waals surface area contributed by atoms with Gasteiger partial charge < -0.3 is 10.1 Å². The maximum absolute atomic E-state index is 12.8. The van der Waals surface area contributed by atoms with Gasteiger partial charge in [-0.1, -0.05) is 35.9 Å². The molecule has 0 spiro atoms. The smallest absolute Gasteiger partial charge is 0.243 e. The molecule has 0 unspecified atom stereocenters. The highest BCUT2D eigenvalue weighted by atomic mass is 32.2. The number of nitrogens with zero attached hydrogens (tertiary/aromatic N) is 1. The summed E-state index contributed by atoms with van der Waals surface area (Å²) in [4.78, 5) is 13.0. The van der Waals surface area contributed by atoms with Crippen LogP contribution in [0.5, 0.6) is 5.75 Å². The summed E-state index contributed by atoms with van der Waals surface area (Å²) in [5.74, 6) is 0.275. The predicted octanol–water partition coefficient (Wildman–Crippen LogP) is 2.98. The van der Waals surface area contributed by atoms with Gasteiger partial charge >= 0.3 is 0 Å². The van der Waals surface area contributed by atoms with E-state index in [2.05, 4.69) is 5.32 Å². The van der Waals surface area contributed by atoms with Gasteiger partial charge in [0.15, 0.2) is 0 Å². The fraction of sp³-hybridized carbons (Fsp3) is 0.409. The lowest BCUT2D eigenvalue weighted by Crippen LogP contribution is -2.48. The Hall–Kier alpha value is -2.38. The zero-order chi connectivity index (χ0) is 20.9. The van der Waals surface area contributed by atoms with Gasteiger partial charge in [-0.05, 0) is 51.0 Å². The molecular weight excluding hydrogens is 388 g/mol. The number of amides is 1. The number of hydrogen-bond acceptors (Lipinski definition) is 4. The highest BCUT2D eigenvalue weighted by molar-refractivity contribution is 7.89. The van der Waals surface area contributed by atoms with E-state index >= 15 is 0 Å². The number of aryl methyl sites for hydroxylation is 1. The lowest BCUT2D eigenvalue weighted by atomic mass is 9.98. The first-order chi connectivity index (χ1) is 13.9. The van der Waals surface area contributed by atoms with Crippen molar-refractivity contribution in [2.24, 2.45) is 5.92 Å². The molecule has 7 heteroatoms. The van der Waals surface area contributed by atoms with E-state index in [-0.39, 0.29) is 29.3 Å². The fourth-order valence-corrected chi connectivity index (χ4v) is 4.92. The molecule has 0 bridgehead atoms. The number of carbonyl (C=O) groups excluding carboxylic acids is 1. The summed E-state index contributed by atoms with van der Waals surface area (Å²) < 4.78 is 32.8. The minimum absolute atomic E-state index is 0.127. The molecule has 0 radical (unpaired) electrons. The van der Waals surface area contributed by atoms with Gasteiger partial charge in [0, 0.05) is 13.1 Å². The SMILES string of the molecule is Cc1ccc(OC[C@H](C)NC(=O)[C@@H]2CCCN(S(=O)(=O)c3ccccc3)C2)cc1. The second-order valence-electron chi connectivity index (χ2n) is 7.55. The molecule has 1 aliphatic heterocycles. The molecule has 1 amide bonds. The van der Waals surface area contributed by atoms with Crippen molar-refractivity contribution >= 4 is 15.9 Å². The Balaban J connectivity index is 1.54. The third-order valence-electron chi connectivity index (χ3n) is 5.05. The van der Waals surface area contributed by atoms with E-state index < -0.39 is 10.0 Å². The number of ether oxygens (including phenoxy) is 1. The van der Waals surface area contributed by atoms with Crippen LogP contribution in [0.15, 0.2) is 59.5 Å². The molecule has 156 valence electrons. The monoisotopic (exact) mass is 416 g/mol. The summed E-state index contributed by atoms with van der Waals surface area (Å²) in [6, 6.07) is 15.9. The predicted molar refractivity (Wildman–Crippen MR) is 112 cm³/mol. The highest BCUT2D eigenvalue weighted by Gasteiger charge is 2.33. The van der Waals surface area contributed by atoms with E-state index in [1.165, 1.54) is 4.31 Å². The van der Waals surface area contributed by atoms with Gasteiger partial charge in [-0.2, -0.15) is 4.31 Å². The van der Waals surface area contributed by atoms with Crippen LogP contribution >= 0.6 is 0 Å². The first kappa shape index (κ1) is 21.3. The van der Waals surface area contributed by atoms with Crippen molar-refractivity contribution in [2.75, 3.05) is 19.7 Å². The minimum Gasteiger partial charge on any atom is -0.491 e. The Morgan fingerprint density at radius 2 is 1.86 bits per heavy atom.